The molecule has 126 valence electrons. The number of hydrogen-bond donors (Lipinski definition) is 1. The molecule has 1 fully saturated rings. The molecule has 0 bridgehead atoms. The van der Waals surface area contributed by atoms with Crippen molar-refractivity contribution in [1.29, 1.82) is 0 Å². The fraction of sp³-hybridized carbons (Fsp3) is 1.00. The third-order valence-corrected chi connectivity index (χ3v) is 7.32. The molecule has 1 aliphatic rings. The van der Waals surface area contributed by atoms with Crippen molar-refractivity contribution in [2.24, 2.45) is 5.73 Å². The summed E-state index contributed by atoms with van der Waals surface area (Å²) in [5.41, 5.74) is 6.26. The van der Waals surface area contributed by atoms with Crippen molar-refractivity contribution in [3.8, 4) is 0 Å². The standard InChI is InChI=1S/C15H31NO3S2/c1-21(18,19)13-12-20(17)15-11-9-7-5-3-2-4-6-8-10-14(15)16/h14-15H,2-13,16H2,1H3. The Morgan fingerprint density at radius 3 is 1.95 bits per heavy atom. The number of rotatable bonds is 4. The highest BCUT2D eigenvalue weighted by atomic mass is 32.2. The molecule has 2 N–H and O–H groups in total. The van der Waals surface area contributed by atoms with Crippen molar-refractivity contribution in [1.82, 2.24) is 0 Å². The number of sulfone groups is 1. The highest BCUT2D eigenvalue weighted by Gasteiger charge is 2.24. The third-order valence-electron chi connectivity index (χ3n) is 4.25. The van der Waals surface area contributed by atoms with E-state index in [1.54, 1.807) is 0 Å². The van der Waals surface area contributed by atoms with E-state index in [0.717, 1.165) is 25.7 Å². The second kappa shape index (κ2) is 9.95. The van der Waals surface area contributed by atoms with Gasteiger partial charge in [0, 0.05) is 34.1 Å². The average Bonchev–Trinajstić information content (AvgIpc) is 2.39. The van der Waals surface area contributed by atoms with Crippen LogP contribution in [0.4, 0.5) is 0 Å². The molecule has 1 saturated carbocycles. The topological polar surface area (TPSA) is 77.2 Å². The first-order chi connectivity index (χ1) is 9.90. The van der Waals surface area contributed by atoms with E-state index in [1.807, 2.05) is 0 Å². The first kappa shape index (κ1) is 19.1. The van der Waals surface area contributed by atoms with E-state index >= 15 is 0 Å². The molecule has 0 aromatic rings. The molecule has 6 heteroatoms. The van der Waals surface area contributed by atoms with Crippen LogP contribution in [0.5, 0.6) is 0 Å². The smallest absolute Gasteiger partial charge is 0.148 e. The lowest BCUT2D eigenvalue weighted by molar-refractivity contribution is 0.467. The fourth-order valence-electron chi connectivity index (χ4n) is 2.90. The van der Waals surface area contributed by atoms with Crippen LogP contribution in [-0.4, -0.2) is 41.7 Å². The molecule has 0 heterocycles. The fourth-order valence-corrected chi connectivity index (χ4v) is 6.02. The van der Waals surface area contributed by atoms with Crippen molar-refractivity contribution in [2.75, 3.05) is 17.8 Å². The minimum Gasteiger partial charge on any atom is -0.327 e. The van der Waals surface area contributed by atoms with Gasteiger partial charge in [0.1, 0.15) is 9.84 Å². The molecule has 0 amide bonds. The van der Waals surface area contributed by atoms with E-state index < -0.39 is 20.6 Å². The van der Waals surface area contributed by atoms with Crippen LogP contribution in [0, 0.1) is 0 Å². The molecule has 0 aromatic carbocycles. The maximum atomic E-state index is 12.4. The molecule has 0 saturated heterocycles. The highest BCUT2D eigenvalue weighted by molar-refractivity contribution is 7.92. The van der Waals surface area contributed by atoms with Gasteiger partial charge in [0.2, 0.25) is 0 Å². The van der Waals surface area contributed by atoms with Gasteiger partial charge >= 0.3 is 0 Å². The summed E-state index contributed by atoms with van der Waals surface area (Å²) in [5.74, 6) is 0.236. The molecule has 0 radical (unpaired) electrons. The highest BCUT2D eigenvalue weighted by Crippen LogP contribution is 2.20. The molecule has 4 nitrogen and oxygen atoms in total. The van der Waals surface area contributed by atoms with Gasteiger partial charge in [-0.1, -0.05) is 51.4 Å². The van der Waals surface area contributed by atoms with Crippen molar-refractivity contribution >= 4 is 20.6 Å². The van der Waals surface area contributed by atoms with E-state index in [4.69, 9.17) is 5.73 Å². The van der Waals surface area contributed by atoms with E-state index in [-0.39, 0.29) is 22.8 Å². The van der Waals surface area contributed by atoms with E-state index in [2.05, 4.69) is 0 Å². The molecule has 0 aliphatic heterocycles. The third kappa shape index (κ3) is 8.94. The Balaban J connectivity index is 2.56. The van der Waals surface area contributed by atoms with Gasteiger partial charge in [-0.3, -0.25) is 4.21 Å². The summed E-state index contributed by atoms with van der Waals surface area (Å²) < 4.78 is 34.9. The summed E-state index contributed by atoms with van der Waals surface area (Å²) in [6.45, 7) is 0. The van der Waals surface area contributed by atoms with Gasteiger partial charge in [-0.15, -0.1) is 0 Å². The first-order valence-corrected chi connectivity index (χ1v) is 11.6. The Kier molecular flexibility index (Phi) is 9.06. The molecule has 3 atom stereocenters. The van der Waals surface area contributed by atoms with Crippen LogP contribution in [-0.2, 0) is 20.6 Å². The summed E-state index contributed by atoms with van der Waals surface area (Å²) in [5, 5.41) is -0.0359. The minimum absolute atomic E-state index is 0.00281. The van der Waals surface area contributed by atoms with Gasteiger partial charge in [-0.2, -0.15) is 0 Å². The van der Waals surface area contributed by atoms with Crippen LogP contribution in [0.1, 0.15) is 64.2 Å². The molecule has 0 aromatic heterocycles. The predicted octanol–water partition coefficient (Wildman–Crippen LogP) is 2.39. The van der Waals surface area contributed by atoms with Crippen LogP contribution < -0.4 is 5.73 Å². The first-order valence-electron chi connectivity index (χ1n) is 8.20. The summed E-state index contributed by atoms with van der Waals surface area (Å²) >= 11 is 0. The largest absolute Gasteiger partial charge is 0.327 e. The molecule has 1 aliphatic carbocycles. The van der Waals surface area contributed by atoms with Gasteiger partial charge in [-0.05, 0) is 12.8 Å². The van der Waals surface area contributed by atoms with Crippen LogP contribution >= 0.6 is 0 Å². The molecule has 21 heavy (non-hydrogen) atoms. The second-order valence-corrected chi connectivity index (χ2v) is 10.4. The average molecular weight is 338 g/mol. The zero-order valence-corrected chi connectivity index (χ0v) is 14.9. The zero-order valence-electron chi connectivity index (χ0n) is 13.3. The van der Waals surface area contributed by atoms with Crippen molar-refractivity contribution in [3.63, 3.8) is 0 Å². The zero-order chi connectivity index (χ0) is 15.7. The molecular weight excluding hydrogens is 306 g/mol. The Bertz CT molecular complexity index is 409. The molecule has 1 rings (SSSR count). The quantitative estimate of drug-likeness (QED) is 0.854. The second-order valence-electron chi connectivity index (χ2n) is 6.32. The number of hydrogen-bond acceptors (Lipinski definition) is 4. The van der Waals surface area contributed by atoms with Crippen LogP contribution in [0.25, 0.3) is 0 Å². The Labute approximate surface area is 132 Å². The normalized spacial score (nSPS) is 28.3. The lowest BCUT2D eigenvalue weighted by Gasteiger charge is -2.24. The molecular formula is C15H31NO3S2. The van der Waals surface area contributed by atoms with Crippen molar-refractivity contribution < 1.29 is 12.6 Å². The number of nitrogens with two attached hydrogens (primary N) is 1. The Morgan fingerprint density at radius 1 is 0.952 bits per heavy atom. The maximum absolute atomic E-state index is 12.4. The van der Waals surface area contributed by atoms with Gasteiger partial charge in [0.25, 0.3) is 0 Å². The Morgan fingerprint density at radius 2 is 1.43 bits per heavy atom. The summed E-state index contributed by atoms with van der Waals surface area (Å²) in [4.78, 5) is 0. The molecule has 0 spiro atoms. The van der Waals surface area contributed by atoms with Gasteiger partial charge < -0.3 is 5.73 Å². The van der Waals surface area contributed by atoms with Crippen LogP contribution in [0.2, 0.25) is 0 Å². The summed E-state index contributed by atoms with van der Waals surface area (Å²) in [7, 11) is -4.18. The van der Waals surface area contributed by atoms with Gasteiger partial charge in [0.05, 0.1) is 5.75 Å². The van der Waals surface area contributed by atoms with E-state index in [0.29, 0.717) is 0 Å². The summed E-state index contributed by atoms with van der Waals surface area (Å²) in [6, 6.07) is -0.0511. The van der Waals surface area contributed by atoms with Crippen molar-refractivity contribution in [3.05, 3.63) is 0 Å². The minimum atomic E-state index is -3.05. The van der Waals surface area contributed by atoms with E-state index in [1.165, 1.54) is 44.8 Å². The van der Waals surface area contributed by atoms with Gasteiger partial charge in [-0.25, -0.2) is 8.42 Å². The molecule has 3 unspecified atom stereocenters. The monoisotopic (exact) mass is 337 g/mol. The summed E-state index contributed by atoms with van der Waals surface area (Å²) in [6.07, 6.45) is 12.7. The lowest BCUT2D eigenvalue weighted by atomic mass is 9.98. The Hall–Kier alpha value is 0.0600. The SMILES string of the molecule is CS(=O)(=O)CCS(=O)C1CCCCCCCCCCC1N. The van der Waals surface area contributed by atoms with Crippen LogP contribution in [0.15, 0.2) is 0 Å². The van der Waals surface area contributed by atoms with E-state index in [9.17, 15) is 12.6 Å². The van der Waals surface area contributed by atoms with Crippen molar-refractivity contribution in [2.45, 2.75) is 75.5 Å². The lowest BCUT2D eigenvalue weighted by Crippen LogP contribution is -2.39. The predicted molar refractivity (Wildman–Crippen MR) is 90.7 cm³/mol. The maximum Gasteiger partial charge on any atom is 0.148 e. The van der Waals surface area contributed by atoms with Gasteiger partial charge in [0.15, 0.2) is 0 Å². The van der Waals surface area contributed by atoms with Crippen LogP contribution in [0.3, 0.4) is 0 Å².